The van der Waals surface area contributed by atoms with E-state index in [0.717, 1.165) is 25.2 Å². The summed E-state index contributed by atoms with van der Waals surface area (Å²) < 4.78 is 0. The number of benzene rings is 1. The third-order valence-corrected chi connectivity index (χ3v) is 3.56. The Bertz CT molecular complexity index is 460. The lowest BCUT2D eigenvalue weighted by Gasteiger charge is -2.21. The van der Waals surface area contributed by atoms with Crippen molar-refractivity contribution in [2.45, 2.75) is 19.4 Å². The van der Waals surface area contributed by atoms with Crippen LogP contribution >= 0.6 is 0 Å². The van der Waals surface area contributed by atoms with Crippen molar-refractivity contribution in [3.63, 3.8) is 0 Å². The average Bonchev–Trinajstić information content (AvgIpc) is 2.78. The summed E-state index contributed by atoms with van der Waals surface area (Å²) in [6.07, 6.45) is 0.605. The maximum Gasteiger partial charge on any atom is 0.248 e. The van der Waals surface area contributed by atoms with Crippen LogP contribution in [0.4, 0.5) is 11.4 Å². The average molecular weight is 249 g/mol. The molecule has 98 valence electrons. The summed E-state index contributed by atoms with van der Waals surface area (Å²) in [6, 6.07) is 5.05. The number of amides is 1. The number of aliphatic hydroxyl groups is 1. The van der Waals surface area contributed by atoms with E-state index in [-0.39, 0.29) is 12.0 Å². The molecule has 0 aliphatic carbocycles. The Balaban J connectivity index is 2.23. The predicted molar refractivity (Wildman–Crippen MR) is 71.4 cm³/mol. The van der Waals surface area contributed by atoms with E-state index in [4.69, 9.17) is 11.5 Å². The molecule has 0 radical (unpaired) electrons. The molecule has 1 amide bonds. The number of nitrogens with zero attached hydrogens (tertiary/aromatic N) is 1. The van der Waals surface area contributed by atoms with E-state index in [2.05, 4.69) is 4.90 Å². The number of carbonyl (C=O) groups is 1. The number of anilines is 2. The van der Waals surface area contributed by atoms with Crippen molar-refractivity contribution in [2.75, 3.05) is 23.7 Å². The van der Waals surface area contributed by atoms with Crippen LogP contribution in [0.15, 0.2) is 18.2 Å². The smallest absolute Gasteiger partial charge is 0.248 e. The van der Waals surface area contributed by atoms with Crippen molar-refractivity contribution in [1.29, 1.82) is 0 Å². The lowest BCUT2D eigenvalue weighted by atomic mass is 10.0. The Morgan fingerprint density at radius 3 is 2.83 bits per heavy atom. The highest BCUT2D eigenvalue weighted by Crippen LogP contribution is 2.30. The standard InChI is InChI=1S/C13H19N3O2/c1-8(17)10-4-5-16(7-10)12-6-9(13(15)18)2-3-11(12)14/h2-3,6,8,10,17H,4-5,7,14H2,1H3,(H2,15,18). The summed E-state index contributed by atoms with van der Waals surface area (Å²) in [5, 5.41) is 9.60. The normalized spacial score (nSPS) is 21.0. The fourth-order valence-electron chi connectivity index (χ4n) is 2.37. The zero-order chi connectivity index (χ0) is 13.3. The van der Waals surface area contributed by atoms with E-state index < -0.39 is 5.91 Å². The molecule has 5 nitrogen and oxygen atoms in total. The minimum atomic E-state index is -0.456. The molecule has 0 saturated carbocycles. The molecule has 0 aromatic heterocycles. The Morgan fingerprint density at radius 2 is 2.28 bits per heavy atom. The SMILES string of the molecule is CC(O)C1CCN(c2cc(C(N)=O)ccc2N)C1. The highest BCUT2D eigenvalue weighted by molar-refractivity contribution is 5.95. The largest absolute Gasteiger partial charge is 0.397 e. The number of hydrogen-bond donors (Lipinski definition) is 3. The summed E-state index contributed by atoms with van der Waals surface area (Å²) in [6.45, 7) is 3.39. The van der Waals surface area contributed by atoms with Crippen LogP contribution in [-0.2, 0) is 0 Å². The topological polar surface area (TPSA) is 92.6 Å². The van der Waals surface area contributed by atoms with E-state index in [9.17, 15) is 9.90 Å². The number of hydrogen-bond acceptors (Lipinski definition) is 4. The van der Waals surface area contributed by atoms with Crippen LogP contribution in [0, 0.1) is 5.92 Å². The monoisotopic (exact) mass is 249 g/mol. The Labute approximate surface area is 106 Å². The predicted octanol–water partition coefficient (Wildman–Crippen LogP) is 0.575. The van der Waals surface area contributed by atoms with E-state index >= 15 is 0 Å². The molecule has 0 spiro atoms. The van der Waals surface area contributed by atoms with E-state index in [1.807, 2.05) is 0 Å². The first-order chi connectivity index (χ1) is 8.49. The third kappa shape index (κ3) is 2.41. The van der Waals surface area contributed by atoms with Crippen molar-refractivity contribution < 1.29 is 9.90 Å². The van der Waals surface area contributed by atoms with Gasteiger partial charge in [-0.2, -0.15) is 0 Å². The van der Waals surface area contributed by atoms with Gasteiger partial charge in [-0.1, -0.05) is 0 Å². The molecule has 18 heavy (non-hydrogen) atoms. The molecule has 2 rings (SSSR count). The van der Waals surface area contributed by atoms with Gasteiger partial charge in [0.1, 0.15) is 0 Å². The van der Waals surface area contributed by atoms with E-state index in [1.54, 1.807) is 25.1 Å². The summed E-state index contributed by atoms with van der Waals surface area (Å²) in [5.74, 6) is -0.204. The van der Waals surface area contributed by atoms with Gasteiger partial charge in [0, 0.05) is 24.6 Å². The van der Waals surface area contributed by atoms with Crippen molar-refractivity contribution in [1.82, 2.24) is 0 Å². The second-order valence-corrected chi connectivity index (χ2v) is 4.87. The maximum atomic E-state index is 11.2. The maximum absolute atomic E-state index is 11.2. The highest BCUT2D eigenvalue weighted by Gasteiger charge is 2.27. The summed E-state index contributed by atoms with van der Waals surface area (Å²) in [7, 11) is 0. The Kier molecular flexibility index (Phi) is 3.43. The molecule has 5 heteroatoms. The molecule has 2 atom stereocenters. The molecule has 1 saturated heterocycles. The number of rotatable bonds is 3. The second kappa shape index (κ2) is 4.86. The van der Waals surface area contributed by atoms with Crippen LogP contribution in [0.3, 0.4) is 0 Å². The lowest BCUT2D eigenvalue weighted by Crippen LogP contribution is -2.25. The van der Waals surface area contributed by atoms with Gasteiger partial charge in [-0.25, -0.2) is 0 Å². The number of aliphatic hydroxyl groups excluding tert-OH is 1. The molecule has 5 N–H and O–H groups in total. The van der Waals surface area contributed by atoms with Crippen LogP contribution in [0.1, 0.15) is 23.7 Å². The van der Waals surface area contributed by atoms with Crippen LogP contribution in [0.25, 0.3) is 0 Å². The van der Waals surface area contributed by atoms with Gasteiger partial charge in [0.25, 0.3) is 0 Å². The fourth-order valence-corrected chi connectivity index (χ4v) is 2.37. The van der Waals surface area contributed by atoms with Crippen molar-refractivity contribution in [2.24, 2.45) is 11.7 Å². The Morgan fingerprint density at radius 1 is 1.56 bits per heavy atom. The van der Waals surface area contributed by atoms with E-state index in [0.29, 0.717) is 11.3 Å². The minimum Gasteiger partial charge on any atom is -0.397 e. The van der Waals surface area contributed by atoms with Crippen LogP contribution < -0.4 is 16.4 Å². The summed E-state index contributed by atoms with van der Waals surface area (Å²) in [5.41, 5.74) is 13.1. The first-order valence-corrected chi connectivity index (χ1v) is 6.11. The Hall–Kier alpha value is -1.75. The zero-order valence-electron chi connectivity index (χ0n) is 10.5. The van der Waals surface area contributed by atoms with Gasteiger partial charge in [0.15, 0.2) is 0 Å². The van der Waals surface area contributed by atoms with Gasteiger partial charge in [-0.15, -0.1) is 0 Å². The molecule has 1 aromatic carbocycles. The van der Waals surface area contributed by atoms with Crippen LogP contribution in [0.2, 0.25) is 0 Å². The minimum absolute atomic E-state index is 0.252. The molecule has 1 fully saturated rings. The van der Waals surface area contributed by atoms with Gasteiger partial charge in [0.05, 0.1) is 17.5 Å². The molecular weight excluding hydrogens is 230 g/mol. The molecule has 2 unspecified atom stereocenters. The summed E-state index contributed by atoms with van der Waals surface area (Å²) in [4.78, 5) is 13.3. The molecule has 1 aromatic rings. The number of nitrogen functional groups attached to an aromatic ring is 1. The van der Waals surface area contributed by atoms with Crippen molar-refractivity contribution in [3.8, 4) is 0 Å². The van der Waals surface area contributed by atoms with Crippen LogP contribution in [-0.4, -0.2) is 30.2 Å². The fraction of sp³-hybridized carbons (Fsp3) is 0.462. The lowest BCUT2D eigenvalue weighted by molar-refractivity contribution is 0.1000. The summed E-state index contributed by atoms with van der Waals surface area (Å²) >= 11 is 0. The van der Waals surface area contributed by atoms with Gasteiger partial charge in [0.2, 0.25) is 5.91 Å². The van der Waals surface area contributed by atoms with Gasteiger partial charge >= 0.3 is 0 Å². The van der Waals surface area contributed by atoms with E-state index in [1.165, 1.54) is 0 Å². The molecule has 1 heterocycles. The molecule has 0 bridgehead atoms. The number of primary amides is 1. The van der Waals surface area contributed by atoms with Gasteiger partial charge in [-0.05, 0) is 31.5 Å². The quantitative estimate of drug-likeness (QED) is 0.683. The van der Waals surface area contributed by atoms with Gasteiger partial charge < -0.3 is 21.5 Å². The van der Waals surface area contributed by atoms with Crippen molar-refractivity contribution in [3.05, 3.63) is 23.8 Å². The number of nitrogens with two attached hydrogens (primary N) is 2. The zero-order valence-corrected chi connectivity index (χ0v) is 10.5. The third-order valence-electron chi connectivity index (χ3n) is 3.56. The molecular formula is C13H19N3O2. The molecule has 1 aliphatic rings. The number of carbonyl (C=O) groups excluding carboxylic acids is 1. The first kappa shape index (κ1) is 12.7. The first-order valence-electron chi connectivity index (χ1n) is 6.11. The van der Waals surface area contributed by atoms with Crippen molar-refractivity contribution >= 4 is 17.3 Å². The molecule has 1 aliphatic heterocycles. The second-order valence-electron chi connectivity index (χ2n) is 4.87. The van der Waals surface area contributed by atoms with Gasteiger partial charge in [-0.3, -0.25) is 4.79 Å². The highest BCUT2D eigenvalue weighted by atomic mass is 16.3. The van der Waals surface area contributed by atoms with Crippen LogP contribution in [0.5, 0.6) is 0 Å².